The number of rotatable bonds is 3. The zero-order valence-corrected chi connectivity index (χ0v) is 10.2. The first-order valence-electron chi connectivity index (χ1n) is 5.79. The van der Waals surface area contributed by atoms with Gasteiger partial charge in [-0.1, -0.05) is 35.5 Å². The number of hydrogen-bond donors (Lipinski definition) is 1. The molecule has 1 aromatic rings. The highest BCUT2D eigenvalue weighted by Gasteiger charge is 2.27. The zero-order valence-electron chi connectivity index (χ0n) is 10.2. The Hall–Kier alpha value is -2.10. The molecule has 0 amide bonds. The van der Waals surface area contributed by atoms with Gasteiger partial charge in [0.1, 0.15) is 12.9 Å². The Balaban J connectivity index is 2.22. The van der Waals surface area contributed by atoms with Crippen LogP contribution in [0.3, 0.4) is 0 Å². The summed E-state index contributed by atoms with van der Waals surface area (Å²) in [6.45, 7) is 0. The lowest BCUT2D eigenvalue weighted by Gasteiger charge is -2.22. The summed E-state index contributed by atoms with van der Waals surface area (Å²) >= 11 is 0. The van der Waals surface area contributed by atoms with E-state index < -0.39 is 0 Å². The standard InChI is InChI=1S/C14H15NO3/c1-18-15-9-12-13(16)7-11(8-14(12)17)10-5-3-2-4-6-10/h2-6,9,11,16H,7-8H2,1H3. The van der Waals surface area contributed by atoms with Gasteiger partial charge in [-0.3, -0.25) is 4.79 Å². The minimum absolute atomic E-state index is 0.0402. The Bertz CT molecular complexity index is 491. The third-order valence-corrected chi connectivity index (χ3v) is 3.04. The summed E-state index contributed by atoms with van der Waals surface area (Å²) in [5, 5.41) is 13.4. The van der Waals surface area contributed by atoms with E-state index in [1.165, 1.54) is 13.3 Å². The molecular formula is C14H15NO3. The topological polar surface area (TPSA) is 58.9 Å². The van der Waals surface area contributed by atoms with Gasteiger partial charge in [0.05, 0.1) is 11.8 Å². The number of benzene rings is 1. The van der Waals surface area contributed by atoms with E-state index in [1.54, 1.807) is 0 Å². The molecule has 1 atom stereocenters. The maximum absolute atomic E-state index is 11.9. The molecule has 0 bridgehead atoms. The summed E-state index contributed by atoms with van der Waals surface area (Å²) in [7, 11) is 1.40. The fourth-order valence-electron chi connectivity index (χ4n) is 2.12. The molecule has 1 aliphatic carbocycles. The zero-order chi connectivity index (χ0) is 13.0. The first-order valence-corrected chi connectivity index (χ1v) is 5.79. The van der Waals surface area contributed by atoms with Crippen LogP contribution in [0.2, 0.25) is 0 Å². The molecule has 94 valence electrons. The third-order valence-electron chi connectivity index (χ3n) is 3.04. The monoisotopic (exact) mass is 245 g/mol. The molecule has 0 aromatic heterocycles. The molecule has 1 aliphatic rings. The number of ketones is 1. The lowest BCUT2D eigenvalue weighted by Crippen LogP contribution is -2.19. The molecule has 0 saturated heterocycles. The molecule has 1 N–H and O–H groups in total. The summed E-state index contributed by atoms with van der Waals surface area (Å²) in [6.07, 6.45) is 2.12. The average molecular weight is 245 g/mol. The van der Waals surface area contributed by atoms with Crippen LogP contribution in [0.25, 0.3) is 0 Å². The van der Waals surface area contributed by atoms with Crippen LogP contribution in [0, 0.1) is 0 Å². The summed E-state index contributed by atoms with van der Waals surface area (Å²) in [5.74, 6) is 0.0210. The molecule has 0 radical (unpaired) electrons. The van der Waals surface area contributed by atoms with Gasteiger partial charge in [-0.05, 0) is 11.5 Å². The summed E-state index contributed by atoms with van der Waals surface area (Å²) in [6, 6.07) is 9.74. The predicted molar refractivity (Wildman–Crippen MR) is 68.6 cm³/mol. The van der Waals surface area contributed by atoms with Crippen molar-refractivity contribution in [3.8, 4) is 0 Å². The molecule has 0 aliphatic heterocycles. The van der Waals surface area contributed by atoms with E-state index in [0.717, 1.165) is 5.56 Å². The average Bonchev–Trinajstić information content (AvgIpc) is 2.39. The van der Waals surface area contributed by atoms with Gasteiger partial charge in [-0.25, -0.2) is 0 Å². The molecule has 4 heteroatoms. The van der Waals surface area contributed by atoms with Crippen LogP contribution >= 0.6 is 0 Å². The number of nitrogens with zero attached hydrogens (tertiary/aromatic N) is 1. The highest BCUT2D eigenvalue weighted by atomic mass is 16.6. The Morgan fingerprint density at radius 3 is 2.67 bits per heavy atom. The molecule has 0 spiro atoms. The molecule has 0 heterocycles. The van der Waals surface area contributed by atoms with Gasteiger partial charge in [0, 0.05) is 12.8 Å². The van der Waals surface area contributed by atoms with E-state index in [1.807, 2.05) is 30.3 Å². The number of carbonyl (C=O) groups excluding carboxylic acids is 1. The first kappa shape index (κ1) is 12.4. The van der Waals surface area contributed by atoms with Crippen LogP contribution in [0.15, 0.2) is 46.8 Å². The molecule has 0 saturated carbocycles. The highest BCUT2D eigenvalue weighted by Crippen LogP contribution is 2.32. The predicted octanol–water partition coefficient (Wildman–Crippen LogP) is 2.58. The minimum Gasteiger partial charge on any atom is -0.511 e. The van der Waals surface area contributed by atoms with Crippen LogP contribution < -0.4 is 0 Å². The maximum atomic E-state index is 11.9. The third kappa shape index (κ3) is 2.59. The van der Waals surface area contributed by atoms with Crippen molar-refractivity contribution in [1.82, 2.24) is 0 Å². The smallest absolute Gasteiger partial charge is 0.168 e. The molecule has 18 heavy (non-hydrogen) atoms. The molecule has 0 fully saturated rings. The normalized spacial score (nSPS) is 20.5. The van der Waals surface area contributed by atoms with Gasteiger partial charge in [0.15, 0.2) is 5.78 Å². The van der Waals surface area contributed by atoms with E-state index >= 15 is 0 Å². The van der Waals surface area contributed by atoms with Crippen LogP contribution in [-0.2, 0) is 9.63 Å². The van der Waals surface area contributed by atoms with Gasteiger partial charge in [-0.2, -0.15) is 0 Å². The molecule has 1 aromatic carbocycles. The minimum atomic E-state index is -0.103. The SMILES string of the molecule is CON=CC1=C(O)CC(c2ccccc2)CC1=O. The van der Waals surface area contributed by atoms with Crippen molar-refractivity contribution in [2.75, 3.05) is 7.11 Å². The van der Waals surface area contributed by atoms with Crippen molar-refractivity contribution in [2.24, 2.45) is 5.16 Å². The van der Waals surface area contributed by atoms with Crippen LogP contribution in [0.1, 0.15) is 24.3 Å². The number of allylic oxidation sites excluding steroid dienone is 2. The van der Waals surface area contributed by atoms with Gasteiger partial charge >= 0.3 is 0 Å². The van der Waals surface area contributed by atoms with Crippen molar-refractivity contribution < 1.29 is 14.7 Å². The van der Waals surface area contributed by atoms with Gasteiger partial charge in [0.25, 0.3) is 0 Å². The van der Waals surface area contributed by atoms with E-state index in [9.17, 15) is 9.90 Å². The molecule has 1 unspecified atom stereocenters. The lowest BCUT2D eigenvalue weighted by molar-refractivity contribution is -0.116. The molecule has 4 nitrogen and oxygen atoms in total. The highest BCUT2D eigenvalue weighted by molar-refractivity contribution is 6.14. The summed E-state index contributed by atoms with van der Waals surface area (Å²) in [5.41, 5.74) is 1.32. The van der Waals surface area contributed by atoms with Crippen molar-refractivity contribution in [3.63, 3.8) is 0 Å². The number of aliphatic hydroxyl groups excluding tert-OH is 1. The van der Waals surface area contributed by atoms with Gasteiger partial charge in [0.2, 0.25) is 0 Å². The maximum Gasteiger partial charge on any atom is 0.168 e. The fraction of sp³-hybridized carbons (Fsp3) is 0.286. The Morgan fingerprint density at radius 1 is 1.33 bits per heavy atom. The van der Waals surface area contributed by atoms with Gasteiger partial charge < -0.3 is 9.94 Å². The Kier molecular flexibility index (Phi) is 3.77. The van der Waals surface area contributed by atoms with Gasteiger partial charge in [-0.15, -0.1) is 0 Å². The van der Waals surface area contributed by atoms with E-state index in [4.69, 9.17) is 0 Å². The number of oxime groups is 1. The number of hydrogen-bond acceptors (Lipinski definition) is 4. The Morgan fingerprint density at radius 2 is 2.06 bits per heavy atom. The number of aliphatic hydroxyl groups is 1. The molecule has 2 rings (SSSR count). The van der Waals surface area contributed by atoms with E-state index in [-0.39, 0.29) is 23.0 Å². The quantitative estimate of drug-likeness (QED) is 0.657. The van der Waals surface area contributed by atoms with Crippen molar-refractivity contribution >= 4 is 12.0 Å². The second kappa shape index (κ2) is 5.49. The second-order valence-electron chi connectivity index (χ2n) is 4.22. The Labute approximate surface area is 106 Å². The summed E-state index contributed by atoms with van der Waals surface area (Å²) in [4.78, 5) is 16.5. The van der Waals surface area contributed by atoms with E-state index in [2.05, 4.69) is 9.99 Å². The van der Waals surface area contributed by atoms with Crippen LogP contribution in [-0.4, -0.2) is 24.2 Å². The van der Waals surface area contributed by atoms with E-state index in [0.29, 0.717) is 12.8 Å². The summed E-state index contributed by atoms with van der Waals surface area (Å²) < 4.78 is 0. The first-order chi connectivity index (χ1) is 8.72. The number of Topliss-reactive ketones (excluding diaryl/α,β-unsaturated/α-hetero) is 1. The van der Waals surface area contributed by atoms with Crippen molar-refractivity contribution in [2.45, 2.75) is 18.8 Å². The van der Waals surface area contributed by atoms with Crippen molar-refractivity contribution in [3.05, 3.63) is 47.2 Å². The van der Waals surface area contributed by atoms with Crippen LogP contribution in [0.4, 0.5) is 0 Å². The van der Waals surface area contributed by atoms with Crippen molar-refractivity contribution in [1.29, 1.82) is 0 Å². The lowest BCUT2D eigenvalue weighted by atomic mass is 9.83. The van der Waals surface area contributed by atoms with Crippen LogP contribution in [0.5, 0.6) is 0 Å². The fourth-order valence-corrected chi connectivity index (χ4v) is 2.12. The second-order valence-corrected chi connectivity index (χ2v) is 4.22. The molecular weight excluding hydrogens is 230 g/mol. The largest absolute Gasteiger partial charge is 0.511 e. The number of carbonyl (C=O) groups is 1.